The van der Waals surface area contributed by atoms with Crippen LogP contribution in [0.15, 0.2) is 48.5 Å². The first-order valence-electron chi connectivity index (χ1n) is 9.38. The van der Waals surface area contributed by atoms with Crippen molar-refractivity contribution in [3.8, 4) is 0 Å². The second-order valence-electron chi connectivity index (χ2n) is 7.46. The number of carbonyl (C=O) groups is 1. The van der Waals surface area contributed by atoms with Crippen molar-refractivity contribution in [3.63, 3.8) is 0 Å². The highest BCUT2D eigenvalue weighted by molar-refractivity contribution is 7.80. The van der Waals surface area contributed by atoms with Crippen LogP contribution in [0.4, 0.5) is 5.69 Å². The Bertz CT molecular complexity index is 824. The molecule has 142 valence electrons. The maximum Gasteiger partial charge on any atom is 0.253 e. The van der Waals surface area contributed by atoms with E-state index in [9.17, 15) is 4.79 Å². The predicted octanol–water partition coefficient (Wildman–Crippen LogP) is 4.45. The molecular formula is C22H27N3OS. The summed E-state index contributed by atoms with van der Waals surface area (Å²) in [7, 11) is 3.50. The molecule has 0 spiro atoms. The van der Waals surface area contributed by atoms with E-state index in [2.05, 4.69) is 41.8 Å². The lowest BCUT2D eigenvalue weighted by Gasteiger charge is -2.33. The predicted molar refractivity (Wildman–Crippen MR) is 115 cm³/mol. The molecule has 0 atom stereocenters. The Labute approximate surface area is 167 Å². The summed E-state index contributed by atoms with van der Waals surface area (Å²) in [5.74, 6) is -0.00767. The molecule has 0 radical (unpaired) electrons. The van der Waals surface area contributed by atoms with Gasteiger partial charge in [-0.15, -0.1) is 0 Å². The van der Waals surface area contributed by atoms with Crippen LogP contribution in [0.25, 0.3) is 0 Å². The molecule has 2 aromatic rings. The van der Waals surface area contributed by atoms with Crippen LogP contribution in [0.5, 0.6) is 0 Å². The van der Waals surface area contributed by atoms with Gasteiger partial charge in [0.2, 0.25) is 0 Å². The number of anilines is 1. The number of thiocarbonyl (C=S) groups is 1. The van der Waals surface area contributed by atoms with Crippen LogP contribution in [-0.2, 0) is 5.54 Å². The third kappa shape index (κ3) is 4.30. The molecule has 4 nitrogen and oxygen atoms in total. The Hall–Kier alpha value is -2.40. The Balaban J connectivity index is 1.72. The van der Waals surface area contributed by atoms with Gasteiger partial charge in [0.25, 0.3) is 5.91 Å². The number of nitrogens with one attached hydrogen (secondary N) is 2. The van der Waals surface area contributed by atoms with Gasteiger partial charge >= 0.3 is 0 Å². The van der Waals surface area contributed by atoms with E-state index in [0.29, 0.717) is 10.7 Å². The molecule has 0 aromatic heterocycles. The minimum absolute atomic E-state index is 0.00767. The fourth-order valence-electron chi connectivity index (χ4n) is 3.88. The largest absolute Gasteiger partial charge is 0.353 e. The number of hydrogen-bond donors (Lipinski definition) is 2. The Morgan fingerprint density at radius 1 is 1.04 bits per heavy atom. The van der Waals surface area contributed by atoms with Gasteiger partial charge in [0.05, 0.1) is 5.54 Å². The highest BCUT2D eigenvalue weighted by Gasteiger charge is 2.37. The lowest BCUT2D eigenvalue weighted by Crippen LogP contribution is -2.46. The number of benzene rings is 2. The van der Waals surface area contributed by atoms with Crippen molar-refractivity contribution in [2.24, 2.45) is 0 Å². The number of rotatable bonds is 4. The van der Waals surface area contributed by atoms with Gasteiger partial charge < -0.3 is 15.5 Å². The van der Waals surface area contributed by atoms with Crippen molar-refractivity contribution in [3.05, 3.63) is 65.2 Å². The van der Waals surface area contributed by atoms with Crippen molar-refractivity contribution >= 4 is 28.9 Å². The van der Waals surface area contributed by atoms with Crippen LogP contribution in [0.1, 0.15) is 47.2 Å². The summed E-state index contributed by atoms with van der Waals surface area (Å²) in [6, 6.07) is 16.0. The molecule has 0 bridgehead atoms. The summed E-state index contributed by atoms with van der Waals surface area (Å²) in [4.78, 5) is 13.6. The maximum absolute atomic E-state index is 12.0. The summed E-state index contributed by atoms with van der Waals surface area (Å²) in [5, 5.41) is 7.49. The van der Waals surface area contributed by atoms with Crippen molar-refractivity contribution in [1.82, 2.24) is 10.2 Å². The SMILES string of the molecule is Cc1ccccc1C1(NC(=S)Nc2ccc(C(=O)N(C)C)cc2)CCCC1. The molecule has 0 unspecified atom stereocenters. The average Bonchev–Trinajstić information content (AvgIpc) is 3.11. The molecule has 1 saturated carbocycles. The highest BCUT2D eigenvalue weighted by atomic mass is 32.1. The van der Waals surface area contributed by atoms with Crippen molar-refractivity contribution in [2.75, 3.05) is 19.4 Å². The first-order valence-corrected chi connectivity index (χ1v) is 9.79. The zero-order valence-electron chi connectivity index (χ0n) is 16.2. The molecule has 1 amide bonds. The fourth-order valence-corrected chi connectivity index (χ4v) is 4.20. The van der Waals surface area contributed by atoms with Crippen LogP contribution < -0.4 is 10.6 Å². The van der Waals surface area contributed by atoms with Gasteiger partial charge in [0, 0.05) is 25.3 Å². The number of carbonyl (C=O) groups excluding carboxylic acids is 1. The van der Waals surface area contributed by atoms with Crippen LogP contribution in [0, 0.1) is 6.92 Å². The number of aryl methyl sites for hydroxylation is 1. The van der Waals surface area contributed by atoms with Crippen molar-refractivity contribution < 1.29 is 4.79 Å². The van der Waals surface area contributed by atoms with E-state index in [-0.39, 0.29) is 11.4 Å². The first-order chi connectivity index (χ1) is 12.9. The van der Waals surface area contributed by atoms with Gasteiger partial charge in [-0.2, -0.15) is 0 Å². The normalized spacial score (nSPS) is 15.2. The molecular weight excluding hydrogens is 354 g/mol. The third-order valence-electron chi connectivity index (χ3n) is 5.27. The molecule has 27 heavy (non-hydrogen) atoms. The fraction of sp³-hybridized carbons (Fsp3) is 0.364. The molecule has 5 heteroatoms. The molecule has 1 fully saturated rings. The lowest BCUT2D eigenvalue weighted by molar-refractivity contribution is 0.0827. The van der Waals surface area contributed by atoms with Crippen LogP contribution in [0.3, 0.4) is 0 Å². The summed E-state index contributed by atoms with van der Waals surface area (Å²) >= 11 is 5.62. The van der Waals surface area contributed by atoms with E-state index in [1.54, 1.807) is 19.0 Å². The average molecular weight is 382 g/mol. The van der Waals surface area contributed by atoms with Crippen LogP contribution >= 0.6 is 12.2 Å². The monoisotopic (exact) mass is 381 g/mol. The molecule has 1 aliphatic carbocycles. The zero-order valence-corrected chi connectivity index (χ0v) is 17.0. The van der Waals surface area contributed by atoms with Gasteiger partial charge in [-0.25, -0.2) is 0 Å². The van der Waals surface area contributed by atoms with Gasteiger partial charge in [-0.05, 0) is 67.4 Å². The smallest absolute Gasteiger partial charge is 0.253 e. The number of hydrogen-bond acceptors (Lipinski definition) is 2. The molecule has 0 heterocycles. The Morgan fingerprint density at radius 2 is 1.67 bits per heavy atom. The van der Waals surface area contributed by atoms with Crippen LogP contribution in [-0.4, -0.2) is 30.0 Å². The molecule has 2 N–H and O–H groups in total. The van der Waals surface area contributed by atoms with E-state index >= 15 is 0 Å². The van der Waals surface area contributed by atoms with E-state index in [4.69, 9.17) is 12.2 Å². The molecule has 0 aliphatic heterocycles. The summed E-state index contributed by atoms with van der Waals surface area (Å²) in [6.07, 6.45) is 4.56. The van der Waals surface area contributed by atoms with Crippen LogP contribution in [0.2, 0.25) is 0 Å². The number of amides is 1. The lowest BCUT2D eigenvalue weighted by atomic mass is 9.85. The molecule has 3 rings (SSSR count). The molecule has 1 aliphatic rings. The Morgan fingerprint density at radius 3 is 2.26 bits per heavy atom. The first kappa shape index (κ1) is 19.4. The summed E-state index contributed by atoms with van der Waals surface area (Å²) in [6.45, 7) is 2.16. The van der Waals surface area contributed by atoms with E-state index in [1.807, 2.05) is 24.3 Å². The third-order valence-corrected chi connectivity index (χ3v) is 5.47. The highest BCUT2D eigenvalue weighted by Crippen LogP contribution is 2.40. The minimum atomic E-state index is -0.101. The second kappa shape index (κ2) is 8.09. The van der Waals surface area contributed by atoms with E-state index < -0.39 is 0 Å². The quantitative estimate of drug-likeness (QED) is 0.768. The summed E-state index contributed by atoms with van der Waals surface area (Å²) < 4.78 is 0. The van der Waals surface area contributed by atoms with Gasteiger partial charge in [-0.3, -0.25) is 4.79 Å². The second-order valence-corrected chi connectivity index (χ2v) is 7.87. The topological polar surface area (TPSA) is 44.4 Å². The molecule has 2 aromatic carbocycles. The van der Waals surface area contributed by atoms with Crippen molar-refractivity contribution in [2.45, 2.75) is 38.1 Å². The maximum atomic E-state index is 12.0. The van der Waals surface area contributed by atoms with E-state index in [1.165, 1.54) is 24.0 Å². The van der Waals surface area contributed by atoms with Gasteiger partial charge in [-0.1, -0.05) is 37.1 Å². The standard InChI is InChI=1S/C22H27N3OS/c1-16-8-4-5-9-19(16)22(14-6-7-15-22)24-21(27)23-18-12-10-17(11-13-18)20(26)25(2)3/h4-5,8-13H,6-7,14-15H2,1-3H3,(H2,23,24,27). The number of nitrogens with zero attached hydrogens (tertiary/aromatic N) is 1. The van der Waals surface area contributed by atoms with Crippen molar-refractivity contribution in [1.29, 1.82) is 0 Å². The summed E-state index contributed by atoms with van der Waals surface area (Å²) in [5.41, 5.74) is 4.06. The van der Waals surface area contributed by atoms with Gasteiger partial charge in [0.15, 0.2) is 5.11 Å². The molecule has 0 saturated heterocycles. The zero-order chi connectivity index (χ0) is 19.4. The minimum Gasteiger partial charge on any atom is -0.353 e. The van der Waals surface area contributed by atoms with E-state index in [0.717, 1.165) is 18.5 Å². The Kier molecular flexibility index (Phi) is 5.80. The van der Waals surface area contributed by atoms with Gasteiger partial charge in [0.1, 0.15) is 0 Å².